The number of nitrogens with zero attached hydrogens (tertiary/aromatic N) is 1. The third-order valence-electron chi connectivity index (χ3n) is 5.02. The molecular weight excluding hydrogens is 357 g/mol. The average molecular weight is 385 g/mol. The Labute approximate surface area is 165 Å². The van der Waals surface area contributed by atoms with Crippen LogP contribution in [0.4, 0.5) is 4.39 Å². The van der Waals surface area contributed by atoms with Crippen LogP contribution in [0.5, 0.6) is 0 Å². The van der Waals surface area contributed by atoms with E-state index in [0.29, 0.717) is 19.7 Å². The SMILES string of the molecule is COCCNC(=O)[C@@H]1C[C@H](NCc2cccc(F)c2)CN1Cc1ccccc1. The molecule has 3 rings (SSSR count). The summed E-state index contributed by atoms with van der Waals surface area (Å²) < 4.78 is 18.4. The number of carbonyl (C=O) groups is 1. The van der Waals surface area contributed by atoms with Gasteiger partial charge in [0, 0.05) is 39.3 Å². The van der Waals surface area contributed by atoms with Gasteiger partial charge in [-0.3, -0.25) is 9.69 Å². The van der Waals surface area contributed by atoms with E-state index in [4.69, 9.17) is 4.74 Å². The summed E-state index contributed by atoms with van der Waals surface area (Å²) in [5, 5.41) is 6.44. The zero-order chi connectivity index (χ0) is 19.8. The fraction of sp³-hybridized carbons (Fsp3) is 0.409. The molecule has 1 heterocycles. The van der Waals surface area contributed by atoms with Crippen LogP contribution in [-0.2, 0) is 22.6 Å². The van der Waals surface area contributed by atoms with Crippen LogP contribution in [0.3, 0.4) is 0 Å². The van der Waals surface area contributed by atoms with Crippen LogP contribution >= 0.6 is 0 Å². The van der Waals surface area contributed by atoms with Gasteiger partial charge in [-0.15, -0.1) is 0 Å². The number of hydrogen-bond donors (Lipinski definition) is 2. The lowest BCUT2D eigenvalue weighted by atomic mass is 10.1. The van der Waals surface area contributed by atoms with E-state index >= 15 is 0 Å². The van der Waals surface area contributed by atoms with Gasteiger partial charge in [0.15, 0.2) is 0 Å². The molecule has 0 radical (unpaired) electrons. The number of halogens is 1. The Bertz CT molecular complexity index is 756. The number of ether oxygens (including phenoxy) is 1. The quantitative estimate of drug-likeness (QED) is 0.651. The Morgan fingerprint density at radius 3 is 2.71 bits per heavy atom. The van der Waals surface area contributed by atoms with Gasteiger partial charge in [-0.05, 0) is 29.7 Å². The van der Waals surface area contributed by atoms with Crippen molar-refractivity contribution in [2.24, 2.45) is 0 Å². The zero-order valence-corrected chi connectivity index (χ0v) is 16.2. The Morgan fingerprint density at radius 2 is 1.96 bits per heavy atom. The Morgan fingerprint density at radius 1 is 1.18 bits per heavy atom. The molecule has 1 fully saturated rings. The molecule has 1 aliphatic rings. The average Bonchev–Trinajstić information content (AvgIpc) is 3.10. The molecule has 0 aromatic heterocycles. The smallest absolute Gasteiger partial charge is 0.237 e. The molecule has 0 unspecified atom stereocenters. The number of amides is 1. The zero-order valence-electron chi connectivity index (χ0n) is 16.2. The molecule has 0 saturated carbocycles. The van der Waals surface area contributed by atoms with Gasteiger partial charge in [0.1, 0.15) is 5.82 Å². The highest BCUT2D eigenvalue weighted by Crippen LogP contribution is 2.21. The maximum atomic E-state index is 13.4. The minimum absolute atomic E-state index is 0.0306. The summed E-state index contributed by atoms with van der Waals surface area (Å²) in [6.45, 7) is 3.08. The van der Waals surface area contributed by atoms with E-state index in [1.54, 1.807) is 19.2 Å². The van der Waals surface area contributed by atoms with Gasteiger partial charge >= 0.3 is 0 Å². The van der Waals surface area contributed by atoms with E-state index in [2.05, 4.69) is 27.7 Å². The molecule has 28 heavy (non-hydrogen) atoms. The highest BCUT2D eigenvalue weighted by Gasteiger charge is 2.36. The number of nitrogens with one attached hydrogen (secondary N) is 2. The first-order valence-electron chi connectivity index (χ1n) is 9.68. The van der Waals surface area contributed by atoms with Crippen LogP contribution in [0, 0.1) is 5.82 Å². The van der Waals surface area contributed by atoms with Crippen molar-refractivity contribution in [3.8, 4) is 0 Å². The van der Waals surface area contributed by atoms with Gasteiger partial charge in [0.25, 0.3) is 0 Å². The Hall–Kier alpha value is -2.28. The van der Waals surface area contributed by atoms with Crippen LogP contribution in [-0.4, -0.2) is 49.7 Å². The van der Waals surface area contributed by atoms with Gasteiger partial charge in [-0.1, -0.05) is 42.5 Å². The summed E-state index contributed by atoms with van der Waals surface area (Å²) in [7, 11) is 1.62. The second-order valence-corrected chi connectivity index (χ2v) is 7.16. The number of carbonyl (C=O) groups excluding carboxylic acids is 1. The molecule has 0 spiro atoms. The summed E-state index contributed by atoms with van der Waals surface area (Å²) in [6, 6.07) is 16.8. The third-order valence-corrected chi connectivity index (χ3v) is 5.02. The van der Waals surface area contributed by atoms with Gasteiger partial charge in [-0.25, -0.2) is 4.39 Å². The largest absolute Gasteiger partial charge is 0.383 e. The number of likely N-dealkylation sites (tertiary alicyclic amines) is 1. The van der Waals surface area contributed by atoms with Gasteiger partial charge < -0.3 is 15.4 Å². The molecule has 2 N–H and O–H groups in total. The monoisotopic (exact) mass is 385 g/mol. The van der Waals surface area contributed by atoms with E-state index in [0.717, 1.165) is 25.1 Å². The molecule has 2 aromatic rings. The minimum Gasteiger partial charge on any atom is -0.383 e. The van der Waals surface area contributed by atoms with Crippen molar-refractivity contribution in [3.63, 3.8) is 0 Å². The van der Waals surface area contributed by atoms with Crippen molar-refractivity contribution in [1.29, 1.82) is 0 Å². The van der Waals surface area contributed by atoms with Crippen LogP contribution in [0.2, 0.25) is 0 Å². The molecule has 1 aliphatic heterocycles. The van der Waals surface area contributed by atoms with Crippen molar-refractivity contribution >= 4 is 5.91 Å². The second-order valence-electron chi connectivity index (χ2n) is 7.16. The van der Waals surface area contributed by atoms with Crippen molar-refractivity contribution in [1.82, 2.24) is 15.5 Å². The van der Waals surface area contributed by atoms with E-state index < -0.39 is 0 Å². The lowest BCUT2D eigenvalue weighted by Crippen LogP contribution is -2.43. The maximum Gasteiger partial charge on any atom is 0.237 e. The molecule has 0 aliphatic carbocycles. The summed E-state index contributed by atoms with van der Waals surface area (Å²) in [4.78, 5) is 14.9. The van der Waals surface area contributed by atoms with Crippen LogP contribution < -0.4 is 10.6 Å². The highest BCUT2D eigenvalue weighted by molar-refractivity contribution is 5.82. The maximum absolute atomic E-state index is 13.4. The highest BCUT2D eigenvalue weighted by atomic mass is 19.1. The van der Waals surface area contributed by atoms with E-state index in [9.17, 15) is 9.18 Å². The topological polar surface area (TPSA) is 53.6 Å². The van der Waals surface area contributed by atoms with Crippen LogP contribution in [0.15, 0.2) is 54.6 Å². The Kier molecular flexibility index (Phi) is 7.54. The molecule has 150 valence electrons. The molecule has 0 bridgehead atoms. The molecule has 6 heteroatoms. The van der Waals surface area contributed by atoms with Crippen LogP contribution in [0.25, 0.3) is 0 Å². The fourth-order valence-corrected chi connectivity index (χ4v) is 3.62. The first-order valence-corrected chi connectivity index (χ1v) is 9.68. The van der Waals surface area contributed by atoms with Gasteiger partial charge in [0.05, 0.1) is 12.6 Å². The standard InChI is InChI=1S/C22H28FN3O2/c1-28-11-10-24-22(27)21-13-20(25-14-18-8-5-9-19(23)12-18)16-26(21)15-17-6-3-2-4-7-17/h2-9,12,20-21,25H,10-11,13-16H2,1H3,(H,24,27)/t20-,21-/m0/s1. The molecule has 2 aromatic carbocycles. The molecule has 1 amide bonds. The third kappa shape index (κ3) is 5.86. The normalized spacial score (nSPS) is 19.6. The molecular formula is C22H28FN3O2. The van der Waals surface area contributed by atoms with Crippen molar-refractivity contribution in [2.75, 3.05) is 26.8 Å². The van der Waals surface area contributed by atoms with Gasteiger partial charge in [0.2, 0.25) is 5.91 Å². The van der Waals surface area contributed by atoms with Gasteiger partial charge in [-0.2, -0.15) is 0 Å². The van der Waals surface area contributed by atoms with Crippen LogP contribution in [0.1, 0.15) is 17.5 Å². The Balaban J connectivity index is 1.62. The van der Waals surface area contributed by atoms with E-state index in [1.807, 2.05) is 24.3 Å². The fourth-order valence-electron chi connectivity index (χ4n) is 3.62. The lowest BCUT2D eigenvalue weighted by molar-refractivity contribution is -0.125. The first kappa shape index (κ1) is 20.5. The number of hydrogen-bond acceptors (Lipinski definition) is 4. The molecule has 1 saturated heterocycles. The van der Waals surface area contributed by atoms with Crippen molar-refractivity contribution in [2.45, 2.75) is 31.6 Å². The van der Waals surface area contributed by atoms with E-state index in [1.165, 1.54) is 11.6 Å². The molecule has 2 atom stereocenters. The predicted octanol–water partition coefficient (Wildman–Crippen LogP) is 2.32. The summed E-state index contributed by atoms with van der Waals surface area (Å²) >= 11 is 0. The first-order chi connectivity index (χ1) is 13.7. The lowest BCUT2D eigenvalue weighted by Gasteiger charge is -2.23. The predicted molar refractivity (Wildman–Crippen MR) is 107 cm³/mol. The number of rotatable bonds is 9. The summed E-state index contributed by atoms with van der Waals surface area (Å²) in [6.07, 6.45) is 0.723. The molecule has 5 nitrogen and oxygen atoms in total. The second kappa shape index (κ2) is 10.3. The number of benzene rings is 2. The van der Waals surface area contributed by atoms with Crippen molar-refractivity contribution < 1.29 is 13.9 Å². The van der Waals surface area contributed by atoms with E-state index in [-0.39, 0.29) is 23.8 Å². The summed E-state index contributed by atoms with van der Waals surface area (Å²) in [5.41, 5.74) is 2.09. The van der Waals surface area contributed by atoms with Crippen molar-refractivity contribution in [3.05, 3.63) is 71.5 Å². The number of methoxy groups -OCH3 is 1. The minimum atomic E-state index is -0.230. The summed E-state index contributed by atoms with van der Waals surface area (Å²) in [5.74, 6) is -0.199.